The molecule has 0 aromatic carbocycles. The highest BCUT2D eigenvalue weighted by Gasteiger charge is 2.39. The molecule has 3 unspecified atom stereocenters. The van der Waals surface area contributed by atoms with E-state index in [0.29, 0.717) is 11.8 Å². The second-order valence-corrected chi connectivity index (χ2v) is 4.84. The zero-order valence-electron chi connectivity index (χ0n) is 9.61. The summed E-state index contributed by atoms with van der Waals surface area (Å²) in [6.45, 7) is 0.776. The van der Waals surface area contributed by atoms with Crippen molar-refractivity contribution in [1.82, 2.24) is 5.32 Å². The van der Waals surface area contributed by atoms with Crippen LogP contribution in [0.4, 0.5) is 0 Å². The molecule has 0 saturated heterocycles. The van der Waals surface area contributed by atoms with Gasteiger partial charge in [0, 0.05) is 18.9 Å². The largest absolute Gasteiger partial charge is 0.356 e. The zero-order chi connectivity index (χ0) is 11.4. The molecule has 1 fully saturated rings. The van der Waals surface area contributed by atoms with Gasteiger partial charge in [0.2, 0.25) is 5.91 Å². The second-order valence-electron chi connectivity index (χ2n) is 4.84. The summed E-state index contributed by atoms with van der Waals surface area (Å²) in [7, 11) is 0. The number of fused-ring (bicyclic) bond motifs is 2. The number of rotatable bonds is 5. The van der Waals surface area contributed by atoms with Gasteiger partial charge in [-0.05, 0) is 37.5 Å². The van der Waals surface area contributed by atoms with E-state index in [0.717, 1.165) is 32.2 Å². The van der Waals surface area contributed by atoms with Crippen LogP contribution >= 0.6 is 0 Å². The van der Waals surface area contributed by atoms with Gasteiger partial charge in [-0.3, -0.25) is 4.79 Å². The maximum atomic E-state index is 11.9. The number of hydrogen-bond acceptors (Lipinski definition) is 1. The van der Waals surface area contributed by atoms with E-state index in [4.69, 9.17) is 6.42 Å². The van der Waals surface area contributed by atoms with Gasteiger partial charge < -0.3 is 5.32 Å². The number of nitrogens with one attached hydrogen (secondary N) is 1. The Labute approximate surface area is 97.5 Å². The van der Waals surface area contributed by atoms with E-state index in [-0.39, 0.29) is 11.8 Å². The summed E-state index contributed by atoms with van der Waals surface area (Å²) >= 11 is 0. The number of amides is 1. The summed E-state index contributed by atoms with van der Waals surface area (Å²) in [4.78, 5) is 11.9. The maximum absolute atomic E-state index is 11.9. The van der Waals surface area contributed by atoms with E-state index in [1.807, 2.05) is 0 Å². The third kappa shape index (κ3) is 2.47. The van der Waals surface area contributed by atoms with E-state index in [1.54, 1.807) is 0 Å². The lowest BCUT2D eigenvalue weighted by Crippen LogP contribution is -2.33. The fourth-order valence-electron chi connectivity index (χ4n) is 2.78. The number of carbonyl (C=O) groups is 1. The predicted molar refractivity (Wildman–Crippen MR) is 64.5 cm³/mol. The lowest BCUT2D eigenvalue weighted by atomic mass is 9.93. The van der Waals surface area contributed by atoms with Gasteiger partial charge in [0.15, 0.2) is 0 Å². The van der Waals surface area contributed by atoms with Crippen LogP contribution in [-0.4, -0.2) is 12.5 Å². The molecule has 2 heteroatoms. The number of terminal acetylenes is 1. The zero-order valence-corrected chi connectivity index (χ0v) is 9.61. The molecule has 1 saturated carbocycles. The quantitative estimate of drug-likeness (QED) is 0.426. The molecule has 3 atom stereocenters. The molecule has 0 aromatic heterocycles. The van der Waals surface area contributed by atoms with Crippen molar-refractivity contribution in [3.63, 3.8) is 0 Å². The van der Waals surface area contributed by atoms with Crippen molar-refractivity contribution in [2.75, 3.05) is 6.54 Å². The lowest BCUT2D eigenvalue weighted by Gasteiger charge is -2.17. The third-order valence-electron chi connectivity index (χ3n) is 3.66. The Hall–Kier alpha value is -1.23. The molecule has 2 aliphatic carbocycles. The molecule has 16 heavy (non-hydrogen) atoms. The highest BCUT2D eigenvalue weighted by molar-refractivity contribution is 5.79. The monoisotopic (exact) mass is 217 g/mol. The SMILES string of the molecule is C#CCCCCNC(=O)C1CC2C=CC1C2. The van der Waals surface area contributed by atoms with E-state index in [1.165, 1.54) is 6.42 Å². The van der Waals surface area contributed by atoms with Gasteiger partial charge in [-0.25, -0.2) is 0 Å². The van der Waals surface area contributed by atoms with Crippen LogP contribution in [0.3, 0.4) is 0 Å². The molecule has 0 heterocycles. The van der Waals surface area contributed by atoms with Gasteiger partial charge in [-0.15, -0.1) is 12.3 Å². The van der Waals surface area contributed by atoms with Crippen LogP contribution in [0.5, 0.6) is 0 Å². The minimum Gasteiger partial charge on any atom is -0.356 e. The smallest absolute Gasteiger partial charge is 0.223 e. The number of hydrogen-bond donors (Lipinski definition) is 1. The summed E-state index contributed by atoms with van der Waals surface area (Å²) in [6, 6.07) is 0. The van der Waals surface area contributed by atoms with E-state index < -0.39 is 0 Å². The average Bonchev–Trinajstić information content (AvgIpc) is 2.90. The van der Waals surface area contributed by atoms with Crippen molar-refractivity contribution in [3.8, 4) is 12.3 Å². The predicted octanol–water partition coefficient (Wildman–Crippen LogP) is 2.12. The molecule has 1 N–H and O–H groups in total. The van der Waals surface area contributed by atoms with Gasteiger partial charge in [0.05, 0.1) is 0 Å². The Morgan fingerprint density at radius 3 is 2.88 bits per heavy atom. The topological polar surface area (TPSA) is 29.1 Å². The van der Waals surface area contributed by atoms with Crippen molar-refractivity contribution < 1.29 is 4.79 Å². The molecular weight excluding hydrogens is 198 g/mol. The summed E-state index contributed by atoms with van der Waals surface area (Å²) in [5, 5.41) is 3.03. The van der Waals surface area contributed by atoms with Crippen molar-refractivity contribution in [2.45, 2.75) is 32.1 Å². The van der Waals surface area contributed by atoms with Gasteiger partial charge in [-0.1, -0.05) is 12.2 Å². The lowest BCUT2D eigenvalue weighted by molar-refractivity contribution is -0.125. The number of carbonyl (C=O) groups excluding carboxylic acids is 1. The fraction of sp³-hybridized carbons (Fsp3) is 0.643. The Morgan fingerprint density at radius 2 is 2.25 bits per heavy atom. The molecule has 0 aliphatic heterocycles. The molecule has 0 spiro atoms. The van der Waals surface area contributed by atoms with Crippen LogP contribution in [0.15, 0.2) is 12.2 Å². The summed E-state index contributed by atoms with van der Waals surface area (Å²) < 4.78 is 0. The molecule has 2 bridgehead atoms. The van der Waals surface area contributed by atoms with Crippen LogP contribution in [0.25, 0.3) is 0 Å². The molecular formula is C14H19NO. The van der Waals surface area contributed by atoms with Crippen molar-refractivity contribution in [3.05, 3.63) is 12.2 Å². The standard InChI is InChI=1S/C14H19NO/c1-2-3-4-5-8-15-14(16)13-10-11-6-7-12(13)9-11/h1,6-7,11-13H,3-5,8-10H2,(H,15,16). The molecule has 0 radical (unpaired) electrons. The molecule has 2 nitrogen and oxygen atoms in total. The van der Waals surface area contributed by atoms with E-state index in [9.17, 15) is 4.79 Å². The minimum absolute atomic E-state index is 0.239. The van der Waals surface area contributed by atoms with Crippen LogP contribution in [0, 0.1) is 30.1 Å². The first-order valence-corrected chi connectivity index (χ1v) is 6.20. The Kier molecular flexibility index (Phi) is 3.66. The average molecular weight is 217 g/mol. The van der Waals surface area contributed by atoms with Gasteiger partial charge in [-0.2, -0.15) is 0 Å². The Bertz CT molecular complexity index is 326. The molecule has 86 valence electrons. The first-order valence-electron chi connectivity index (χ1n) is 6.20. The molecule has 2 rings (SSSR count). The second kappa shape index (κ2) is 5.21. The first kappa shape index (κ1) is 11.3. The fourth-order valence-corrected chi connectivity index (χ4v) is 2.78. The number of unbranched alkanes of at least 4 members (excludes halogenated alkanes) is 2. The summed E-state index contributed by atoms with van der Waals surface area (Å²) in [5.74, 6) is 4.28. The van der Waals surface area contributed by atoms with E-state index in [2.05, 4.69) is 23.4 Å². The number of allylic oxidation sites excluding steroid dienone is 2. The Morgan fingerprint density at radius 1 is 1.38 bits per heavy atom. The highest BCUT2D eigenvalue weighted by Crippen LogP contribution is 2.43. The van der Waals surface area contributed by atoms with Crippen molar-refractivity contribution >= 4 is 5.91 Å². The van der Waals surface area contributed by atoms with Gasteiger partial charge in [0.25, 0.3) is 0 Å². The third-order valence-corrected chi connectivity index (χ3v) is 3.66. The summed E-state index contributed by atoms with van der Waals surface area (Å²) in [5.41, 5.74) is 0. The maximum Gasteiger partial charge on any atom is 0.223 e. The van der Waals surface area contributed by atoms with Crippen LogP contribution < -0.4 is 5.32 Å². The van der Waals surface area contributed by atoms with Gasteiger partial charge >= 0.3 is 0 Å². The highest BCUT2D eigenvalue weighted by atomic mass is 16.1. The molecule has 2 aliphatic rings. The van der Waals surface area contributed by atoms with E-state index >= 15 is 0 Å². The van der Waals surface area contributed by atoms with Crippen LogP contribution in [0.2, 0.25) is 0 Å². The first-order chi connectivity index (χ1) is 7.81. The van der Waals surface area contributed by atoms with Crippen LogP contribution in [0.1, 0.15) is 32.1 Å². The molecule has 0 aromatic rings. The van der Waals surface area contributed by atoms with Crippen molar-refractivity contribution in [1.29, 1.82) is 0 Å². The van der Waals surface area contributed by atoms with Crippen LogP contribution in [-0.2, 0) is 4.79 Å². The Balaban J connectivity index is 1.65. The normalized spacial score (nSPS) is 30.3. The van der Waals surface area contributed by atoms with Crippen molar-refractivity contribution in [2.24, 2.45) is 17.8 Å². The molecule has 1 amide bonds. The minimum atomic E-state index is 0.239. The summed E-state index contributed by atoms with van der Waals surface area (Å²) in [6.07, 6.45) is 14.7. The van der Waals surface area contributed by atoms with Gasteiger partial charge in [0.1, 0.15) is 0 Å².